The zero-order valence-electron chi connectivity index (χ0n) is 12.0. The number of hydrogen-bond acceptors (Lipinski definition) is 4. The highest BCUT2D eigenvalue weighted by Gasteiger charge is 2.35. The number of carbonyl (C=O) groups excluding carboxylic acids is 3. The third-order valence-electron chi connectivity index (χ3n) is 3.49. The van der Waals surface area contributed by atoms with Crippen LogP contribution in [0.3, 0.4) is 0 Å². The van der Waals surface area contributed by atoms with Crippen LogP contribution in [0.5, 0.6) is 0 Å². The van der Waals surface area contributed by atoms with E-state index in [1.807, 2.05) is 12.1 Å². The second-order valence-electron chi connectivity index (χ2n) is 5.03. The molecule has 2 aromatic rings. The predicted molar refractivity (Wildman–Crippen MR) is 85.7 cm³/mol. The largest absolute Gasteiger partial charge is 0.443 e. The van der Waals surface area contributed by atoms with Gasteiger partial charge >= 0.3 is 5.97 Å². The van der Waals surface area contributed by atoms with Crippen molar-refractivity contribution < 1.29 is 19.1 Å². The molecule has 6 heteroatoms. The van der Waals surface area contributed by atoms with E-state index in [0.717, 1.165) is 14.9 Å². The molecule has 23 heavy (non-hydrogen) atoms. The van der Waals surface area contributed by atoms with Crippen LogP contribution in [0, 0.1) is 0 Å². The molecule has 0 aromatic heterocycles. The third kappa shape index (κ3) is 3.17. The maximum absolute atomic E-state index is 12.1. The molecule has 1 heterocycles. The average molecular weight is 374 g/mol. The van der Waals surface area contributed by atoms with Crippen molar-refractivity contribution in [3.8, 4) is 0 Å². The van der Waals surface area contributed by atoms with Crippen molar-refractivity contribution in [2.75, 3.05) is 6.73 Å². The van der Waals surface area contributed by atoms with Crippen LogP contribution in [0.15, 0.2) is 53.0 Å². The molecule has 0 radical (unpaired) electrons. The first-order valence-corrected chi connectivity index (χ1v) is 7.71. The van der Waals surface area contributed by atoms with Crippen molar-refractivity contribution in [3.63, 3.8) is 0 Å². The van der Waals surface area contributed by atoms with Crippen LogP contribution in [0.25, 0.3) is 0 Å². The molecule has 2 aromatic carbocycles. The number of halogens is 1. The predicted octanol–water partition coefficient (Wildman–Crippen LogP) is 2.79. The molecule has 5 nitrogen and oxygen atoms in total. The van der Waals surface area contributed by atoms with Gasteiger partial charge in [-0.3, -0.25) is 14.4 Å². The van der Waals surface area contributed by atoms with Crippen LogP contribution in [0.4, 0.5) is 0 Å². The van der Waals surface area contributed by atoms with Crippen molar-refractivity contribution >= 4 is 33.7 Å². The van der Waals surface area contributed by atoms with E-state index in [2.05, 4.69) is 15.9 Å². The van der Waals surface area contributed by atoms with Crippen molar-refractivity contribution in [3.05, 3.63) is 69.7 Å². The molecule has 0 atom stereocenters. The van der Waals surface area contributed by atoms with E-state index in [1.165, 1.54) is 0 Å². The van der Waals surface area contributed by atoms with Gasteiger partial charge in [0, 0.05) is 4.47 Å². The number of rotatable bonds is 4. The van der Waals surface area contributed by atoms with Gasteiger partial charge < -0.3 is 4.74 Å². The number of nitrogens with zero attached hydrogens (tertiary/aromatic N) is 1. The minimum Gasteiger partial charge on any atom is -0.443 e. The van der Waals surface area contributed by atoms with Crippen LogP contribution >= 0.6 is 15.9 Å². The fourth-order valence-electron chi connectivity index (χ4n) is 2.31. The normalized spacial score (nSPS) is 13.2. The number of esters is 1. The SMILES string of the molecule is O=C(Cc1ccc(Br)cc1)OCN1C(=O)c2ccccc2C1=O. The van der Waals surface area contributed by atoms with Crippen LogP contribution in [0.1, 0.15) is 26.3 Å². The first kappa shape index (κ1) is 15.4. The summed E-state index contributed by atoms with van der Waals surface area (Å²) in [5.74, 6) is -1.38. The number of imide groups is 1. The Morgan fingerprint density at radius 1 is 0.957 bits per heavy atom. The topological polar surface area (TPSA) is 63.7 Å². The number of hydrogen-bond donors (Lipinski definition) is 0. The number of ether oxygens (including phenoxy) is 1. The molecule has 1 aliphatic rings. The minimum absolute atomic E-state index is 0.0798. The van der Waals surface area contributed by atoms with Gasteiger partial charge in [0.2, 0.25) is 0 Å². The lowest BCUT2D eigenvalue weighted by atomic mass is 10.1. The average Bonchev–Trinajstić information content (AvgIpc) is 2.80. The highest BCUT2D eigenvalue weighted by Crippen LogP contribution is 2.22. The summed E-state index contributed by atoms with van der Waals surface area (Å²) in [5, 5.41) is 0. The zero-order valence-corrected chi connectivity index (χ0v) is 13.6. The number of fused-ring (bicyclic) bond motifs is 1. The molecule has 0 N–H and O–H groups in total. The highest BCUT2D eigenvalue weighted by atomic mass is 79.9. The summed E-state index contributed by atoms with van der Waals surface area (Å²) < 4.78 is 5.98. The van der Waals surface area contributed by atoms with Crippen molar-refractivity contribution in [1.82, 2.24) is 4.90 Å². The van der Waals surface area contributed by atoms with Gasteiger partial charge in [-0.1, -0.05) is 40.2 Å². The summed E-state index contributed by atoms with van der Waals surface area (Å²) >= 11 is 3.32. The molecule has 0 bridgehead atoms. The zero-order chi connectivity index (χ0) is 16.4. The lowest BCUT2D eigenvalue weighted by Crippen LogP contribution is -2.33. The van der Waals surface area contributed by atoms with E-state index in [4.69, 9.17) is 4.74 Å². The Hall–Kier alpha value is -2.47. The Morgan fingerprint density at radius 2 is 1.52 bits per heavy atom. The van der Waals surface area contributed by atoms with Gasteiger partial charge in [-0.2, -0.15) is 0 Å². The van der Waals surface area contributed by atoms with Crippen LogP contribution in [-0.4, -0.2) is 29.4 Å². The summed E-state index contributed by atoms with van der Waals surface area (Å²) in [5.41, 5.74) is 1.46. The summed E-state index contributed by atoms with van der Waals surface area (Å²) in [6.07, 6.45) is 0.0798. The maximum atomic E-state index is 12.1. The Labute approximate surface area is 141 Å². The smallest absolute Gasteiger partial charge is 0.311 e. The van der Waals surface area contributed by atoms with E-state index in [9.17, 15) is 14.4 Å². The van der Waals surface area contributed by atoms with Crippen molar-refractivity contribution in [2.24, 2.45) is 0 Å². The van der Waals surface area contributed by atoms with Crippen LogP contribution in [-0.2, 0) is 16.0 Å². The molecular formula is C17H12BrNO4. The number of benzene rings is 2. The first-order valence-electron chi connectivity index (χ1n) is 6.91. The third-order valence-corrected chi connectivity index (χ3v) is 4.02. The molecular weight excluding hydrogens is 362 g/mol. The molecule has 116 valence electrons. The molecule has 3 rings (SSSR count). The molecule has 0 saturated heterocycles. The lowest BCUT2D eigenvalue weighted by molar-refractivity contribution is -0.145. The summed E-state index contributed by atoms with van der Waals surface area (Å²) in [6, 6.07) is 13.8. The van der Waals surface area contributed by atoms with Gasteiger partial charge in [0.05, 0.1) is 17.5 Å². The van der Waals surface area contributed by atoms with Gasteiger partial charge in [-0.25, -0.2) is 4.90 Å². The quantitative estimate of drug-likeness (QED) is 0.610. The molecule has 1 aliphatic heterocycles. The van der Waals surface area contributed by atoms with Crippen LogP contribution < -0.4 is 0 Å². The van der Waals surface area contributed by atoms with E-state index in [0.29, 0.717) is 11.1 Å². The Balaban J connectivity index is 1.61. The van der Waals surface area contributed by atoms with E-state index >= 15 is 0 Å². The van der Waals surface area contributed by atoms with E-state index in [1.54, 1.807) is 36.4 Å². The highest BCUT2D eigenvalue weighted by molar-refractivity contribution is 9.10. The second-order valence-corrected chi connectivity index (χ2v) is 5.95. The van der Waals surface area contributed by atoms with Gasteiger partial charge in [0.25, 0.3) is 11.8 Å². The Kier molecular flexibility index (Phi) is 4.25. The van der Waals surface area contributed by atoms with Gasteiger partial charge in [-0.15, -0.1) is 0 Å². The Morgan fingerprint density at radius 3 is 2.09 bits per heavy atom. The fraction of sp³-hybridized carbons (Fsp3) is 0.118. The molecule has 0 saturated carbocycles. The van der Waals surface area contributed by atoms with E-state index < -0.39 is 17.8 Å². The van der Waals surface area contributed by atoms with Gasteiger partial charge in [-0.05, 0) is 29.8 Å². The second kappa shape index (κ2) is 6.34. The Bertz CT molecular complexity index is 750. The van der Waals surface area contributed by atoms with Crippen molar-refractivity contribution in [1.29, 1.82) is 0 Å². The molecule has 0 spiro atoms. The number of amides is 2. The molecule has 0 fully saturated rings. The van der Waals surface area contributed by atoms with Crippen molar-refractivity contribution in [2.45, 2.75) is 6.42 Å². The first-order chi connectivity index (χ1) is 11.1. The molecule has 0 unspecified atom stereocenters. The summed E-state index contributed by atoms with van der Waals surface area (Å²) in [6.45, 7) is -0.373. The molecule has 0 aliphatic carbocycles. The van der Waals surface area contributed by atoms with Gasteiger partial charge in [0.15, 0.2) is 6.73 Å². The molecule has 2 amide bonds. The maximum Gasteiger partial charge on any atom is 0.311 e. The monoisotopic (exact) mass is 373 g/mol. The standard InChI is InChI=1S/C17H12BrNO4/c18-12-7-5-11(6-8-12)9-15(20)23-10-19-16(21)13-3-1-2-4-14(13)17(19)22/h1-8H,9-10H2. The van der Waals surface area contributed by atoms with Gasteiger partial charge in [0.1, 0.15) is 0 Å². The summed E-state index contributed by atoms with van der Waals surface area (Å²) in [7, 11) is 0. The minimum atomic E-state index is -0.496. The fourth-order valence-corrected chi connectivity index (χ4v) is 2.58. The van der Waals surface area contributed by atoms with E-state index in [-0.39, 0.29) is 13.2 Å². The number of carbonyl (C=O) groups is 3. The summed E-state index contributed by atoms with van der Waals surface area (Å²) in [4.78, 5) is 37.0. The van der Waals surface area contributed by atoms with Crippen LogP contribution in [0.2, 0.25) is 0 Å². The lowest BCUT2D eigenvalue weighted by Gasteiger charge is -2.13.